The van der Waals surface area contributed by atoms with Crippen LogP contribution < -0.4 is 10.6 Å². The molecule has 0 bridgehead atoms. The average Bonchev–Trinajstić information content (AvgIpc) is 2.65. The van der Waals surface area contributed by atoms with Gasteiger partial charge in [0.15, 0.2) is 0 Å². The molecule has 0 saturated carbocycles. The first kappa shape index (κ1) is 19.6. The zero-order valence-corrected chi connectivity index (χ0v) is 16.5. The third-order valence-corrected chi connectivity index (χ3v) is 4.54. The fourth-order valence-corrected chi connectivity index (χ4v) is 2.98. The minimum atomic E-state index is -0.279. The van der Waals surface area contributed by atoms with E-state index in [1.54, 1.807) is 18.2 Å². The summed E-state index contributed by atoms with van der Waals surface area (Å²) in [5.74, 6) is -0.492. The van der Waals surface area contributed by atoms with Crippen molar-refractivity contribution in [1.29, 1.82) is 0 Å². The molecule has 0 saturated heterocycles. The quantitative estimate of drug-likeness (QED) is 0.611. The minimum Gasteiger partial charge on any atom is -0.326 e. The van der Waals surface area contributed by atoms with E-state index >= 15 is 0 Å². The van der Waals surface area contributed by atoms with Crippen molar-refractivity contribution in [1.82, 2.24) is 0 Å². The summed E-state index contributed by atoms with van der Waals surface area (Å²) >= 11 is 6.10. The molecule has 0 aliphatic carbocycles. The highest BCUT2D eigenvalue weighted by molar-refractivity contribution is 6.30. The van der Waals surface area contributed by atoms with Gasteiger partial charge in [-0.05, 0) is 61.9 Å². The number of hydrogen-bond donors (Lipinski definition) is 2. The Morgan fingerprint density at radius 2 is 1.32 bits per heavy atom. The number of halogens is 1. The molecule has 0 heterocycles. The second-order valence-electron chi connectivity index (χ2n) is 6.71. The second-order valence-corrected chi connectivity index (χ2v) is 7.15. The lowest BCUT2D eigenvalue weighted by Gasteiger charge is -2.12. The number of anilines is 2. The number of benzene rings is 3. The summed E-state index contributed by atoms with van der Waals surface area (Å²) < 4.78 is 0. The van der Waals surface area contributed by atoms with Crippen LogP contribution >= 0.6 is 11.6 Å². The number of hydrogen-bond acceptors (Lipinski definition) is 2. The topological polar surface area (TPSA) is 58.2 Å². The van der Waals surface area contributed by atoms with Crippen molar-refractivity contribution in [2.24, 2.45) is 0 Å². The van der Waals surface area contributed by atoms with Crippen molar-refractivity contribution in [3.05, 3.63) is 94.0 Å². The van der Waals surface area contributed by atoms with Crippen molar-refractivity contribution in [3.8, 4) is 0 Å². The Labute approximate surface area is 169 Å². The lowest BCUT2D eigenvalue weighted by atomic mass is 10.0. The molecule has 3 aromatic carbocycles. The molecule has 2 N–H and O–H groups in total. The Morgan fingerprint density at radius 3 is 1.89 bits per heavy atom. The summed E-state index contributed by atoms with van der Waals surface area (Å²) in [5, 5.41) is 6.18. The van der Waals surface area contributed by atoms with E-state index in [4.69, 9.17) is 11.6 Å². The summed E-state index contributed by atoms with van der Waals surface area (Å²) in [6.45, 7) is 3.96. The molecule has 0 unspecified atom stereocenters. The molecule has 2 amide bonds. The predicted octanol–water partition coefficient (Wildman–Crippen LogP) is 5.39. The van der Waals surface area contributed by atoms with E-state index in [1.807, 2.05) is 62.4 Å². The molecule has 3 rings (SSSR count). The lowest BCUT2D eigenvalue weighted by Crippen LogP contribution is -2.19. The van der Waals surface area contributed by atoms with Crippen LogP contribution in [0.1, 0.15) is 27.0 Å². The van der Waals surface area contributed by atoms with Crippen LogP contribution in [0.3, 0.4) is 0 Å². The van der Waals surface area contributed by atoms with Gasteiger partial charge in [-0.3, -0.25) is 9.59 Å². The van der Waals surface area contributed by atoms with Crippen LogP contribution in [-0.2, 0) is 11.2 Å². The Balaban J connectivity index is 1.76. The van der Waals surface area contributed by atoms with Gasteiger partial charge in [0, 0.05) is 22.0 Å². The molecule has 0 spiro atoms. The van der Waals surface area contributed by atoms with E-state index in [0.29, 0.717) is 27.5 Å². The number of nitrogens with one attached hydrogen (secondary N) is 2. The van der Waals surface area contributed by atoms with E-state index in [0.717, 1.165) is 11.1 Å². The molecular formula is C23H21ClN2O2. The molecule has 28 heavy (non-hydrogen) atoms. The zero-order chi connectivity index (χ0) is 20.1. The molecule has 0 aliphatic heterocycles. The second kappa shape index (κ2) is 8.72. The van der Waals surface area contributed by atoms with Gasteiger partial charge in [0.25, 0.3) is 5.91 Å². The third kappa shape index (κ3) is 5.21. The van der Waals surface area contributed by atoms with E-state index < -0.39 is 0 Å². The highest BCUT2D eigenvalue weighted by Gasteiger charge is 2.15. The van der Waals surface area contributed by atoms with Crippen LogP contribution in [0.5, 0.6) is 0 Å². The van der Waals surface area contributed by atoms with Gasteiger partial charge in [-0.25, -0.2) is 0 Å². The van der Waals surface area contributed by atoms with Crippen LogP contribution in [0.25, 0.3) is 0 Å². The number of rotatable bonds is 5. The SMILES string of the molecule is Cc1ccc(NC(=O)Cc2cc(Cl)ccc2C(=O)Nc2ccc(C)cc2)cc1. The van der Waals surface area contributed by atoms with Crippen molar-refractivity contribution in [2.75, 3.05) is 10.6 Å². The molecule has 5 heteroatoms. The highest BCUT2D eigenvalue weighted by atomic mass is 35.5. The van der Waals surface area contributed by atoms with Gasteiger partial charge in [0.2, 0.25) is 5.91 Å². The number of carbonyl (C=O) groups is 2. The number of amides is 2. The standard InChI is InChI=1S/C23H21ClN2O2/c1-15-3-8-19(9-4-15)25-22(27)14-17-13-18(24)7-12-21(17)23(28)26-20-10-5-16(2)6-11-20/h3-13H,14H2,1-2H3,(H,25,27)(H,26,28). The predicted molar refractivity (Wildman–Crippen MR) is 114 cm³/mol. The van der Waals surface area contributed by atoms with Gasteiger partial charge >= 0.3 is 0 Å². The van der Waals surface area contributed by atoms with Crippen LogP contribution in [0.15, 0.2) is 66.7 Å². The van der Waals surface area contributed by atoms with Gasteiger partial charge in [0.05, 0.1) is 6.42 Å². The molecule has 4 nitrogen and oxygen atoms in total. The highest BCUT2D eigenvalue weighted by Crippen LogP contribution is 2.20. The first-order valence-electron chi connectivity index (χ1n) is 8.94. The van der Waals surface area contributed by atoms with Gasteiger partial charge in [0.1, 0.15) is 0 Å². The van der Waals surface area contributed by atoms with E-state index in [1.165, 1.54) is 0 Å². The molecule has 142 valence electrons. The third-order valence-electron chi connectivity index (χ3n) is 4.31. The van der Waals surface area contributed by atoms with Gasteiger partial charge in [-0.15, -0.1) is 0 Å². The van der Waals surface area contributed by atoms with Gasteiger partial charge in [-0.2, -0.15) is 0 Å². The van der Waals surface area contributed by atoms with E-state index in [9.17, 15) is 9.59 Å². The molecule has 0 aliphatic rings. The van der Waals surface area contributed by atoms with E-state index in [2.05, 4.69) is 10.6 Å². The monoisotopic (exact) mass is 392 g/mol. The fourth-order valence-electron chi connectivity index (χ4n) is 2.78. The normalized spacial score (nSPS) is 10.4. The van der Waals surface area contributed by atoms with Crippen molar-refractivity contribution >= 4 is 34.8 Å². The summed E-state index contributed by atoms with van der Waals surface area (Å²) in [7, 11) is 0. The Kier molecular flexibility index (Phi) is 6.12. The smallest absolute Gasteiger partial charge is 0.255 e. The summed E-state index contributed by atoms with van der Waals surface area (Å²) in [6, 6.07) is 20.0. The molecule has 0 atom stereocenters. The first-order valence-corrected chi connectivity index (χ1v) is 9.31. The molecule has 0 aromatic heterocycles. The fraction of sp³-hybridized carbons (Fsp3) is 0.130. The van der Waals surface area contributed by atoms with Gasteiger partial charge in [-0.1, -0.05) is 47.0 Å². The number of aryl methyl sites for hydroxylation is 2. The summed E-state index contributed by atoms with van der Waals surface area (Å²) in [4.78, 5) is 25.2. The summed E-state index contributed by atoms with van der Waals surface area (Å²) in [6.07, 6.45) is 0.0467. The maximum Gasteiger partial charge on any atom is 0.255 e. The number of carbonyl (C=O) groups excluding carboxylic acids is 2. The van der Waals surface area contributed by atoms with Crippen LogP contribution in [-0.4, -0.2) is 11.8 Å². The average molecular weight is 393 g/mol. The van der Waals surface area contributed by atoms with Crippen molar-refractivity contribution < 1.29 is 9.59 Å². The van der Waals surface area contributed by atoms with Crippen molar-refractivity contribution in [3.63, 3.8) is 0 Å². The zero-order valence-electron chi connectivity index (χ0n) is 15.8. The molecule has 3 aromatic rings. The Bertz CT molecular complexity index is 996. The van der Waals surface area contributed by atoms with Crippen molar-refractivity contribution in [2.45, 2.75) is 20.3 Å². The van der Waals surface area contributed by atoms with Crippen LogP contribution in [0.4, 0.5) is 11.4 Å². The maximum atomic E-state index is 12.7. The van der Waals surface area contributed by atoms with Crippen LogP contribution in [0.2, 0.25) is 5.02 Å². The first-order chi connectivity index (χ1) is 13.4. The maximum absolute atomic E-state index is 12.7. The molecular weight excluding hydrogens is 372 g/mol. The van der Waals surface area contributed by atoms with Gasteiger partial charge < -0.3 is 10.6 Å². The van der Waals surface area contributed by atoms with Crippen LogP contribution in [0, 0.1) is 13.8 Å². The molecule has 0 fully saturated rings. The van der Waals surface area contributed by atoms with E-state index in [-0.39, 0.29) is 18.2 Å². The largest absolute Gasteiger partial charge is 0.326 e. The molecule has 0 radical (unpaired) electrons. The summed E-state index contributed by atoms with van der Waals surface area (Å²) in [5.41, 5.74) is 4.62. The minimum absolute atomic E-state index is 0.0467. The Hall–Kier alpha value is -3.11. The Morgan fingerprint density at radius 1 is 0.786 bits per heavy atom. The lowest BCUT2D eigenvalue weighted by molar-refractivity contribution is -0.115.